The maximum Gasteiger partial charge on any atom is 0.107 e. The molecule has 0 amide bonds. The first-order chi connectivity index (χ1) is 6.27. The Balaban J connectivity index is 2.78. The molecule has 0 aromatic heterocycles. The van der Waals surface area contributed by atoms with Crippen LogP contribution in [0.15, 0.2) is 24.3 Å². The van der Waals surface area contributed by atoms with Crippen molar-refractivity contribution in [2.24, 2.45) is 0 Å². The van der Waals surface area contributed by atoms with Crippen LogP contribution < -0.4 is 10.6 Å². The molecule has 0 fully saturated rings. The van der Waals surface area contributed by atoms with Gasteiger partial charge in [0.2, 0.25) is 0 Å². The molecule has 0 saturated carbocycles. The van der Waals surface area contributed by atoms with Crippen LogP contribution in [-0.2, 0) is 0 Å². The van der Waals surface area contributed by atoms with Crippen LogP contribution in [0.3, 0.4) is 0 Å². The number of alkyl halides is 1. The molecular formula is C10H15FN2. The van der Waals surface area contributed by atoms with Gasteiger partial charge in [0.25, 0.3) is 0 Å². The Labute approximate surface area is 78.2 Å². The van der Waals surface area contributed by atoms with Gasteiger partial charge in [0.15, 0.2) is 0 Å². The minimum Gasteiger partial charge on any atom is -0.399 e. The largest absolute Gasteiger partial charge is 0.399 e. The average Bonchev–Trinajstić information content (AvgIpc) is 2.14. The van der Waals surface area contributed by atoms with E-state index in [1.165, 1.54) is 0 Å². The first-order valence-corrected chi connectivity index (χ1v) is 4.44. The van der Waals surface area contributed by atoms with Gasteiger partial charge in [-0.1, -0.05) is 6.07 Å². The van der Waals surface area contributed by atoms with Crippen LogP contribution in [0.25, 0.3) is 0 Å². The predicted molar refractivity (Wildman–Crippen MR) is 54.7 cm³/mol. The molecule has 3 heteroatoms. The molecular weight excluding hydrogens is 167 g/mol. The number of hydrogen-bond acceptors (Lipinski definition) is 2. The van der Waals surface area contributed by atoms with E-state index in [2.05, 4.69) is 0 Å². The molecule has 2 nitrogen and oxygen atoms in total. The monoisotopic (exact) mass is 182 g/mol. The van der Waals surface area contributed by atoms with E-state index in [1.807, 2.05) is 36.1 Å². The summed E-state index contributed by atoms with van der Waals surface area (Å²) in [5.74, 6) is 0. The van der Waals surface area contributed by atoms with E-state index in [-0.39, 0.29) is 6.67 Å². The molecule has 13 heavy (non-hydrogen) atoms. The summed E-state index contributed by atoms with van der Waals surface area (Å²) < 4.78 is 12.1. The molecule has 72 valence electrons. The summed E-state index contributed by atoms with van der Waals surface area (Å²) in [6, 6.07) is 7.51. The van der Waals surface area contributed by atoms with Gasteiger partial charge >= 0.3 is 0 Å². The Bertz CT molecular complexity index is 263. The molecule has 1 rings (SSSR count). The van der Waals surface area contributed by atoms with Crippen molar-refractivity contribution in [3.63, 3.8) is 0 Å². The summed E-state index contributed by atoms with van der Waals surface area (Å²) >= 11 is 0. The minimum atomic E-state index is -0.331. The van der Waals surface area contributed by atoms with Crippen molar-refractivity contribution >= 4 is 11.4 Å². The zero-order valence-electron chi connectivity index (χ0n) is 7.83. The molecule has 0 radical (unpaired) electrons. The van der Waals surface area contributed by atoms with Crippen LogP contribution in [0.2, 0.25) is 0 Å². The van der Waals surface area contributed by atoms with Gasteiger partial charge in [-0.2, -0.15) is 0 Å². The second-order valence-electron chi connectivity index (χ2n) is 2.86. The molecule has 0 unspecified atom stereocenters. The van der Waals surface area contributed by atoms with Crippen molar-refractivity contribution in [3.05, 3.63) is 24.3 Å². The standard InChI is InChI=1S/C10H15FN2/c1-2-13(7-6-11)10-5-3-4-9(12)8-10/h3-5,8H,2,6-7,12H2,1H3. The zero-order valence-corrected chi connectivity index (χ0v) is 7.83. The van der Waals surface area contributed by atoms with Crippen LogP contribution >= 0.6 is 0 Å². The molecule has 0 aliphatic heterocycles. The van der Waals surface area contributed by atoms with Crippen LogP contribution in [0.1, 0.15) is 6.92 Å². The van der Waals surface area contributed by atoms with Gasteiger partial charge < -0.3 is 10.6 Å². The number of nitrogen functional groups attached to an aromatic ring is 1. The average molecular weight is 182 g/mol. The van der Waals surface area contributed by atoms with Gasteiger partial charge in [-0.3, -0.25) is 0 Å². The molecule has 0 aliphatic carbocycles. The number of hydrogen-bond donors (Lipinski definition) is 1. The summed E-state index contributed by atoms with van der Waals surface area (Å²) in [4.78, 5) is 1.95. The molecule has 0 saturated heterocycles. The van der Waals surface area contributed by atoms with Crippen LogP contribution in [0.5, 0.6) is 0 Å². The van der Waals surface area contributed by atoms with Gasteiger partial charge in [-0.25, -0.2) is 4.39 Å². The van der Waals surface area contributed by atoms with E-state index in [0.29, 0.717) is 6.54 Å². The molecule has 0 atom stereocenters. The lowest BCUT2D eigenvalue weighted by Crippen LogP contribution is -2.25. The van der Waals surface area contributed by atoms with E-state index >= 15 is 0 Å². The van der Waals surface area contributed by atoms with Crippen molar-refractivity contribution in [2.75, 3.05) is 30.4 Å². The third kappa shape index (κ3) is 2.61. The SMILES string of the molecule is CCN(CCF)c1cccc(N)c1. The predicted octanol–water partition coefficient (Wildman–Crippen LogP) is 2.06. The van der Waals surface area contributed by atoms with Crippen molar-refractivity contribution in [1.29, 1.82) is 0 Å². The maximum absolute atomic E-state index is 12.1. The Morgan fingerprint density at radius 1 is 1.46 bits per heavy atom. The third-order valence-corrected chi connectivity index (χ3v) is 1.97. The van der Waals surface area contributed by atoms with Crippen LogP contribution in [-0.4, -0.2) is 19.8 Å². The van der Waals surface area contributed by atoms with Crippen molar-refractivity contribution in [1.82, 2.24) is 0 Å². The Morgan fingerprint density at radius 2 is 2.23 bits per heavy atom. The van der Waals surface area contributed by atoms with Gasteiger partial charge in [0.05, 0.1) is 0 Å². The fourth-order valence-corrected chi connectivity index (χ4v) is 1.29. The van der Waals surface area contributed by atoms with E-state index in [1.54, 1.807) is 0 Å². The lowest BCUT2D eigenvalue weighted by atomic mass is 10.2. The summed E-state index contributed by atoms with van der Waals surface area (Å²) in [6.07, 6.45) is 0. The zero-order chi connectivity index (χ0) is 9.68. The van der Waals surface area contributed by atoms with Gasteiger partial charge in [0, 0.05) is 24.5 Å². The summed E-state index contributed by atoms with van der Waals surface area (Å²) in [5, 5.41) is 0. The van der Waals surface area contributed by atoms with Crippen molar-refractivity contribution in [2.45, 2.75) is 6.92 Å². The van der Waals surface area contributed by atoms with E-state index in [9.17, 15) is 4.39 Å². The highest BCUT2D eigenvalue weighted by Crippen LogP contribution is 2.16. The summed E-state index contributed by atoms with van der Waals surface area (Å²) in [6.45, 7) is 2.90. The van der Waals surface area contributed by atoms with Gasteiger partial charge in [-0.05, 0) is 25.1 Å². The number of nitrogens with zero attached hydrogens (tertiary/aromatic N) is 1. The maximum atomic E-state index is 12.1. The number of anilines is 2. The van der Waals surface area contributed by atoms with Crippen molar-refractivity contribution < 1.29 is 4.39 Å². The summed E-state index contributed by atoms with van der Waals surface area (Å²) in [7, 11) is 0. The second kappa shape index (κ2) is 4.70. The smallest absolute Gasteiger partial charge is 0.107 e. The fourth-order valence-electron chi connectivity index (χ4n) is 1.29. The molecule has 2 N–H and O–H groups in total. The second-order valence-corrected chi connectivity index (χ2v) is 2.86. The fraction of sp³-hybridized carbons (Fsp3) is 0.400. The molecule has 1 aromatic rings. The number of halogens is 1. The summed E-state index contributed by atoms with van der Waals surface area (Å²) in [5.41, 5.74) is 7.33. The Kier molecular flexibility index (Phi) is 3.55. The normalized spacial score (nSPS) is 10.0. The quantitative estimate of drug-likeness (QED) is 0.722. The molecule has 0 spiro atoms. The number of nitrogens with two attached hydrogens (primary N) is 1. The lowest BCUT2D eigenvalue weighted by molar-refractivity contribution is 0.492. The molecule has 1 aromatic carbocycles. The van der Waals surface area contributed by atoms with Crippen molar-refractivity contribution in [3.8, 4) is 0 Å². The topological polar surface area (TPSA) is 29.3 Å². The van der Waals surface area contributed by atoms with Crippen LogP contribution in [0, 0.1) is 0 Å². The molecule has 0 bridgehead atoms. The van der Waals surface area contributed by atoms with E-state index in [0.717, 1.165) is 17.9 Å². The Morgan fingerprint density at radius 3 is 2.77 bits per heavy atom. The third-order valence-electron chi connectivity index (χ3n) is 1.97. The van der Waals surface area contributed by atoms with Crippen LogP contribution in [0.4, 0.5) is 15.8 Å². The van der Waals surface area contributed by atoms with Gasteiger partial charge in [0.1, 0.15) is 6.67 Å². The highest BCUT2D eigenvalue weighted by atomic mass is 19.1. The van der Waals surface area contributed by atoms with E-state index in [4.69, 9.17) is 5.73 Å². The molecule has 0 heterocycles. The molecule has 0 aliphatic rings. The highest BCUT2D eigenvalue weighted by molar-refractivity contribution is 5.55. The number of benzene rings is 1. The van der Waals surface area contributed by atoms with E-state index < -0.39 is 0 Å². The van der Waals surface area contributed by atoms with Gasteiger partial charge in [-0.15, -0.1) is 0 Å². The highest BCUT2D eigenvalue weighted by Gasteiger charge is 2.02. The first kappa shape index (κ1) is 9.84. The Hall–Kier alpha value is -1.25. The minimum absolute atomic E-state index is 0.331. The first-order valence-electron chi connectivity index (χ1n) is 4.44. The lowest BCUT2D eigenvalue weighted by Gasteiger charge is -2.21. The number of rotatable bonds is 4.